The first-order chi connectivity index (χ1) is 13.8. The Morgan fingerprint density at radius 1 is 0.607 bits per heavy atom. The van der Waals surface area contributed by atoms with Gasteiger partial charge in [0.15, 0.2) is 0 Å². The first-order valence-electron chi connectivity index (χ1n) is 9.24. The molecule has 134 valence electrons. The van der Waals surface area contributed by atoms with E-state index in [0.29, 0.717) is 5.56 Å². The van der Waals surface area contributed by atoms with E-state index in [4.69, 9.17) is 0 Å². The van der Waals surface area contributed by atoms with Crippen LogP contribution in [0.4, 0.5) is 17.1 Å². The molecule has 0 spiro atoms. The predicted octanol–water partition coefficient (Wildman–Crippen LogP) is 6.60. The Balaban J connectivity index is 1.74. The Hall–Kier alpha value is -3.85. The van der Waals surface area contributed by atoms with Gasteiger partial charge in [0.25, 0.3) is 0 Å². The third-order valence-corrected chi connectivity index (χ3v) is 5.03. The molecule has 0 atom stereocenters. The lowest BCUT2D eigenvalue weighted by Gasteiger charge is -2.25. The number of aldehydes is 1. The summed E-state index contributed by atoms with van der Waals surface area (Å²) in [7, 11) is 0. The summed E-state index contributed by atoms with van der Waals surface area (Å²) in [6.45, 7) is 0. The van der Waals surface area contributed by atoms with Crippen molar-refractivity contribution < 1.29 is 4.79 Å². The van der Waals surface area contributed by atoms with Gasteiger partial charge >= 0.3 is 0 Å². The van der Waals surface area contributed by atoms with Gasteiger partial charge in [-0.2, -0.15) is 0 Å². The van der Waals surface area contributed by atoms with Gasteiger partial charge in [-0.15, -0.1) is 0 Å². The highest BCUT2D eigenvalue weighted by Crippen LogP contribution is 2.37. The zero-order valence-electron chi connectivity index (χ0n) is 15.2. The minimum Gasteiger partial charge on any atom is -0.355 e. The number of H-pyrrole nitrogens is 1. The standard InChI is InChI=1S/C25H18N2O/c28-17-18-11-13-24-22(15-18)23-16-21(12-14-25(23)26-24)27(19-7-3-1-4-8-19)20-9-5-2-6-10-20/h1-17,26H. The van der Waals surface area contributed by atoms with Crippen LogP contribution in [0.3, 0.4) is 0 Å². The van der Waals surface area contributed by atoms with Crippen LogP contribution in [-0.2, 0) is 0 Å². The van der Waals surface area contributed by atoms with Gasteiger partial charge in [-0.1, -0.05) is 36.4 Å². The number of aromatic nitrogens is 1. The molecule has 0 saturated heterocycles. The molecule has 0 radical (unpaired) electrons. The molecule has 0 aliphatic rings. The van der Waals surface area contributed by atoms with Gasteiger partial charge in [0.1, 0.15) is 6.29 Å². The zero-order chi connectivity index (χ0) is 18.9. The molecule has 3 nitrogen and oxygen atoms in total. The molecule has 0 aliphatic heterocycles. The van der Waals surface area contributed by atoms with Crippen LogP contribution >= 0.6 is 0 Å². The van der Waals surface area contributed by atoms with E-state index < -0.39 is 0 Å². The Morgan fingerprint density at radius 3 is 1.79 bits per heavy atom. The maximum Gasteiger partial charge on any atom is 0.150 e. The average Bonchev–Trinajstić information content (AvgIpc) is 3.13. The summed E-state index contributed by atoms with van der Waals surface area (Å²) < 4.78 is 0. The minimum absolute atomic E-state index is 0.682. The Morgan fingerprint density at radius 2 is 1.18 bits per heavy atom. The molecular weight excluding hydrogens is 344 g/mol. The third kappa shape index (κ3) is 2.74. The number of para-hydroxylation sites is 2. The van der Waals surface area contributed by atoms with Gasteiger partial charge in [0.2, 0.25) is 0 Å². The second-order valence-corrected chi connectivity index (χ2v) is 6.78. The van der Waals surface area contributed by atoms with Crippen molar-refractivity contribution in [2.45, 2.75) is 0 Å². The fraction of sp³-hybridized carbons (Fsp3) is 0. The van der Waals surface area contributed by atoms with E-state index in [1.54, 1.807) is 0 Å². The van der Waals surface area contributed by atoms with Gasteiger partial charge in [0.05, 0.1) is 0 Å². The largest absolute Gasteiger partial charge is 0.355 e. The second kappa shape index (κ2) is 6.71. The smallest absolute Gasteiger partial charge is 0.150 e. The molecule has 0 aliphatic carbocycles. The van der Waals surface area contributed by atoms with Crippen molar-refractivity contribution in [3.63, 3.8) is 0 Å². The van der Waals surface area contributed by atoms with Crippen molar-refractivity contribution in [3.8, 4) is 0 Å². The number of hydrogen-bond acceptors (Lipinski definition) is 2. The summed E-state index contributed by atoms with van der Waals surface area (Å²) in [5, 5.41) is 2.16. The lowest BCUT2D eigenvalue weighted by molar-refractivity contribution is 0.112. The Labute approximate surface area is 162 Å². The molecule has 1 N–H and O–H groups in total. The van der Waals surface area contributed by atoms with E-state index in [2.05, 4.69) is 52.3 Å². The number of aromatic amines is 1. The number of benzene rings is 4. The van der Waals surface area contributed by atoms with Crippen LogP contribution in [-0.4, -0.2) is 11.3 Å². The molecule has 5 aromatic rings. The van der Waals surface area contributed by atoms with Crippen molar-refractivity contribution in [1.29, 1.82) is 0 Å². The van der Waals surface area contributed by atoms with Crippen molar-refractivity contribution in [1.82, 2.24) is 4.98 Å². The van der Waals surface area contributed by atoms with E-state index >= 15 is 0 Å². The molecule has 0 saturated carbocycles. The Bertz CT molecular complexity index is 1230. The van der Waals surface area contributed by atoms with Crippen LogP contribution in [0.2, 0.25) is 0 Å². The molecule has 4 aromatic carbocycles. The fourth-order valence-corrected chi connectivity index (χ4v) is 3.72. The SMILES string of the molecule is O=Cc1ccc2[nH]c3ccc(N(c4ccccc4)c4ccccc4)cc3c2c1. The molecule has 0 bridgehead atoms. The number of hydrogen-bond donors (Lipinski definition) is 1. The van der Waals surface area contributed by atoms with Crippen LogP contribution in [0.1, 0.15) is 10.4 Å². The lowest BCUT2D eigenvalue weighted by atomic mass is 10.1. The monoisotopic (exact) mass is 362 g/mol. The molecule has 1 aromatic heterocycles. The first-order valence-corrected chi connectivity index (χ1v) is 9.24. The van der Waals surface area contributed by atoms with Crippen LogP contribution in [0.5, 0.6) is 0 Å². The molecule has 0 unspecified atom stereocenters. The van der Waals surface area contributed by atoms with E-state index in [9.17, 15) is 4.79 Å². The van der Waals surface area contributed by atoms with Gasteiger partial charge in [-0.05, 0) is 60.7 Å². The summed E-state index contributed by atoms with van der Waals surface area (Å²) in [6.07, 6.45) is 0.891. The topological polar surface area (TPSA) is 36.1 Å². The highest BCUT2D eigenvalue weighted by atomic mass is 16.1. The summed E-state index contributed by atoms with van der Waals surface area (Å²) in [4.78, 5) is 16.9. The number of carbonyl (C=O) groups is 1. The van der Waals surface area contributed by atoms with Crippen molar-refractivity contribution >= 4 is 45.2 Å². The molecule has 0 amide bonds. The number of rotatable bonds is 4. The van der Waals surface area contributed by atoms with Gasteiger partial charge in [-0.25, -0.2) is 0 Å². The predicted molar refractivity (Wildman–Crippen MR) is 116 cm³/mol. The summed E-state index contributed by atoms with van der Waals surface area (Å²) >= 11 is 0. The highest BCUT2D eigenvalue weighted by molar-refractivity contribution is 6.10. The number of anilines is 3. The molecule has 3 heteroatoms. The van der Waals surface area contributed by atoms with E-state index in [1.807, 2.05) is 54.6 Å². The van der Waals surface area contributed by atoms with Crippen LogP contribution < -0.4 is 4.90 Å². The fourth-order valence-electron chi connectivity index (χ4n) is 3.72. The molecule has 28 heavy (non-hydrogen) atoms. The molecule has 0 fully saturated rings. The maximum atomic E-state index is 11.2. The quantitative estimate of drug-likeness (QED) is 0.365. The van der Waals surface area contributed by atoms with Crippen molar-refractivity contribution in [2.24, 2.45) is 0 Å². The lowest BCUT2D eigenvalue weighted by Crippen LogP contribution is -2.09. The second-order valence-electron chi connectivity index (χ2n) is 6.78. The normalized spacial score (nSPS) is 11.0. The summed E-state index contributed by atoms with van der Waals surface area (Å²) in [5.74, 6) is 0. The first kappa shape index (κ1) is 16.3. The third-order valence-electron chi connectivity index (χ3n) is 5.03. The summed E-state index contributed by atoms with van der Waals surface area (Å²) in [6, 6.07) is 32.8. The minimum atomic E-state index is 0.682. The highest BCUT2D eigenvalue weighted by Gasteiger charge is 2.14. The van der Waals surface area contributed by atoms with E-state index in [-0.39, 0.29) is 0 Å². The van der Waals surface area contributed by atoms with Crippen molar-refractivity contribution in [3.05, 3.63) is 103 Å². The number of fused-ring (bicyclic) bond motifs is 3. The van der Waals surface area contributed by atoms with Crippen LogP contribution in [0.15, 0.2) is 97.1 Å². The summed E-state index contributed by atoms with van der Waals surface area (Å²) in [5.41, 5.74) is 6.04. The zero-order valence-corrected chi connectivity index (χ0v) is 15.2. The Kier molecular flexibility index (Phi) is 3.91. The van der Waals surface area contributed by atoms with Crippen LogP contribution in [0.25, 0.3) is 21.8 Å². The van der Waals surface area contributed by atoms with Crippen molar-refractivity contribution in [2.75, 3.05) is 4.90 Å². The van der Waals surface area contributed by atoms with Crippen LogP contribution in [0, 0.1) is 0 Å². The number of nitrogens with one attached hydrogen (secondary N) is 1. The molecular formula is C25H18N2O. The average molecular weight is 362 g/mol. The van der Waals surface area contributed by atoms with Gasteiger partial charge in [0, 0.05) is 44.4 Å². The van der Waals surface area contributed by atoms with Gasteiger partial charge < -0.3 is 9.88 Å². The maximum absolute atomic E-state index is 11.2. The number of nitrogens with zero attached hydrogens (tertiary/aromatic N) is 1. The molecule has 5 rings (SSSR count). The van der Waals surface area contributed by atoms with E-state index in [1.165, 1.54) is 0 Å². The van der Waals surface area contributed by atoms with E-state index in [0.717, 1.165) is 45.2 Å². The van der Waals surface area contributed by atoms with Gasteiger partial charge in [-0.3, -0.25) is 4.79 Å². The molecule has 1 heterocycles. The number of carbonyl (C=O) groups excluding carboxylic acids is 1.